The van der Waals surface area contributed by atoms with E-state index >= 15 is 0 Å². The van der Waals surface area contributed by atoms with Crippen molar-refractivity contribution in [1.82, 2.24) is 15.2 Å². The Morgan fingerprint density at radius 1 is 1.02 bits per heavy atom. The number of nitrogens with zero attached hydrogens (tertiary/aromatic N) is 3. The SMILES string of the molecule is CC1CCC(N(C(=O)Nc2cnc3ccccc3c2)c2ccccc2)(N2CCNCC2c2ccc(F)cc2)CC1. The average molecular weight is 538 g/mol. The number of urea groups is 1. The molecule has 2 aliphatic rings. The number of carbonyl (C=O) groups excluding carboxylic acids is 1. The highest BCUT2D eigenvalue weighted by molar-refractivity contribution is 6.03. The number of amides is 2. The van der Waals surface area contributed by atoms with E-state index in [0.717, 1.165) is 67.5 Å². The van der Waals surface area contributed by atoms with E-state index in [2.05, 4.69) is 27.4 Å². The van der Waals surface area contributed by atoms with Gasteiger partial charge in [0.1, 0.15) is 11.5 Å². The third-order valence-electron chi connectivity index (χ3n) is 8.58. The maximum absolute atomic E-state index is 14.5. The minimum atomic E-state index is -0.552. The van der Waals surface area contributed by atoms with E-state index in [1.807, 2.05) is 77.7 Å². The molecule has 2 heterocycles. The molecule has 1 aromatic heterocycles. The van der Waals surface area contributed by atoms with Crippen molar-refractivity contribution in [2.75, 3.05) is 29.9 Å². The fourth-order valence-corrected chi connectivity index (χ4v) is 6.49. The van der Waals surface area contributed by atoms with Crippen LogP contribution in [0.4, 0.5) is 20.6 Å². The number of piperazine rings is 1. The molecule has 1 saturated heterocycles. The summed E-state index contributed by atoms with van der Waals surface area (Å²) in [4.78, 5) is 23.5. The Balaban J connectivity index is 1.43. The minimum absolute atomic E-state index is 0.00380. The number of nitrogens with one attached hydrogen (secondary N) is 2. The average Bonchev–Trinajstić information content (AvgIpc) is 2.99. The summed E-state index contributed by atoms with van der Waals surface area (Å²) in [6.07, 6.45) is 5.47. The summed E-state index contributed by atoms with van der Waals surface area (Å²) in [6, 6.07) is 26.5. The van der Waals surface area contributed by atoms with Crippen LogP contribution in [0, 0.1) is 11.7 Å². The van der Waals surface area contributed by atoms with Crippen LogP contribution in [-0.2, 0) is 0 Å². The lowest BCUT2D eigenvalue weighted by molar-refractivity contribution is -0.00718. The maximum Gasteiger partial charge on any atom is 0.327 e. The van der Waals surface area contributed by atoms with Gasteiger partial charge in [-0.3, -0.25) is 14.8 Å². The predicted octanol–water partition coefficient (Wildman–Crippen LogP) is 6.97. The summed E-state index contributed by atoms with van der Waals surface area (Å²) in [5.74, 6) is 0.347. The van der Waals surface area contributed by atoms with Gasteiger partial charge in [0.05, 0.1) is 17.4 Å². The molecule has 2 amide bonds. The lowest BCUT2D eigenvalue weighted by Crippen LogP contribution is -2.68. The molecular weight excluding hydrogens is 501 g/mol. The second kappa shape index (κ2) is 11.4. The first-order valence-electron chi connectivity index (χ1n) is 14.3. The zero-order valence-corrected chi connectivity index (χ0v) is 22.9. The van der Waals surface area contributed by atoms with Gasteiger partial charge in [0.15, 0.2) is 0 Å². The van der Waals surface area contributed by atoms with Crippen LogP contribution in [0.2, 0.25) is 0 Å². The summed E-state index contributed by atoms with van der Waals surface area (Å²) in [5, 5.41) is 7.72. The first-order valence-corrected chi connectivity index (χ1v) is 14.3. The Labute approximate surface area is 235 Å². The fraction of sp³-hybridized carbons (Fsp3) is 0.333. The Morgan fingerprint density at radius 3 is 2.52 bits per heavy atom. The molecular formula is C33H36FN5O. The standard InChI is InChI=1S/C33H36FN5O/c1-24-15-17-33(18-16-24,38-20-19-35-23-31(38)25-11-13-27(34)14-12-25)39(29-8-3-2-4-9-29)32(40)37-28-21-26-7-5-6-10-30(26)36-22-28/h2-14,21-22,24,31,35H,15-20,23H2,1H3,(H,37,40). The molecule has 40 heavy (non-hydrogen) atoms. The van der Waals surface area contributed by atoms with Gasteiger partial charge < -0.3 is 10.6 Å². The largest absolute Gasteiger partial charge is 0.327 e. The number of rotatable bonds is 5. The van der Waals surface area contributed by atoms with Gasteiger partial charge in [0, 0.05) is 36.7 Å². The van der Waals surface area contributed by atoms with Crippen LogP contribution in [0.1, 0.15) is 44.2 Å². The number of halogens is 1. The van der Waals surface area contributed by atoms with Crippen molar-refractivity contribution < 1.29 is 9.18 Å². The molecule has 1 saturated carbocycles. The van der Waals surface area contributed by atoms with Crippen molar-refractivity contribution in [2.24, 2.45) is 5.92 Å². The molecule has 0 radical (unpaired) electrons. The van der Waals surface area contributed by atoms with E-state index in [1.54, 1.807) is 6.20 Å². The van der Waals surface area contributed by atoms with E-state index < -0.39 is 5.66 Å². The molecule has 1 atom stereocenters. The van der Waals surface area contributed by atoms with Crippen molar-refractivity contribution in [3.63, 3.8) is 0 Å². The summed E-state index contributed by atoms with van der Waals surface area (Å²) in [5.41, 5.74) is 2.92. The van der Waals surface area contributed by atoms with Crippen LogP contribution in [0.25, 0.3) is 10.9 Å². The predicted molar refractivity (Wildman–Crippen MR) is 159 cm³/mol. The molecule has 7 heteroatoms. The molecule has 1 unspecified atom stereocenters. The Morgan fingerprint density at radius 2 is 1.75 bits per heavy atom. The quantitative estimate of drug-likeness (QED) is 0.289. The lowest BCUT2D eigenvalue weighted by Gasteiger charge is -2.57. The van der Waals surface area contributed by atoms with Crippen LogP contribution in [0.3, 0.4) is 0 Å². The molecule has 1 aliphatic carbocycles. The van der Waals surface area contributed by atoms with E-state index in [-0.39, 0.29) is 17.9 Å². The van der Waals surface area contributed by atoms with Crippen molar-refractivity contribution in [2.45, 2.75) is 44.3 Å². The minimum Gasteiger partial charge on any atom is -0.314 e. The first kappa shape index (κ1) is 26.4. The van der Waals surface area contributed by atoms with Gasteiger partial charge in [-0.05, 0) is 73.6 Å². The zero-order valence-electron chi connectivity index (χ0n) is 22.9. The maximum atomic E-state index is 14.5. The molecule has 2 N–H and O–H groups in total. The second-order valence-electron chi connectivity index (χ2n) is 11.1. The van der Waals surface area contributed by atoms with Gasteiger partial charge in [-0.2, -0.15) is 0 Å². The van der Waals surface area contributed by atoms with Gasteiger partial charge >= 0.3 is 6.03 Å². The van der Waals surface area contributed by atoms with Crippen LogP contribution >= 0.6 is 0 Å². The molecule has 4 aromatic rings. The third kappa shape index (κ3) is 5.19. The molecule has 6 rings (SSSR count). The number of hydrogen-bond donors (Lipinski definition) is 2. The highest BCUT2D eigenvalue weighted by Crippen LogP contribution is 2.45. The highest BCUT2D eigenvalue weighted by atomic mass is 19.1. The number of fused-ring (bicyclic) bond motifs is 1. The third-order valence-corrected chi connectivity index (χ3v) is 8.58. The van der Waals surface area contributed by atoms with Crippen LogP contribution in [-0.4, -0.2) is 41.2 Å². The van der Waals surface area contributed by atoms with Gasteiger partial charge in [-0.15, -0.1) is 0 Å². The van der Waals surface area contributed by atoms with Crippen molar-refractivity contribution >= 4 is 28.3 Å². The lowest BCUT2D eigenvalue weighted by atomic mass is 9.78. The van der Waals surface area contributed by atoms with Crippen LogP contribution in [0.5, 0.6) is 0 Å². The summed E-state index contributed by atoms with van der Waals surface area (Å²) in [7, 11) is 0. The van der Waals surface area contributed by atoms with Gasteiger partial charge in [0.2, 0.25) is 0 Å². The summed E-state index contributed by atoms with van der Waals surface area (Å²) < 4.78 is 13.9. The smallest absolute Gasteiger partial charge is 0.314 e. The molecule has 0 bridgehead atoms. The normalized spacial score (nSPS) is 23.6. The second-order valence-corrected chi connectivity index (χ2v) is 11.1. The van der Waals surface area contributed by atoms with E-state index in [9.17, 15) is 9.18 Å². The number of benzene rings is 3. The number of anilines is 2. The van der Waals surface area contributed by atoms with Crippen molar-refractivity contribution in [1.29, 1.82) is 0 Å². The van der Waals surface area contributed by atoms with Gasteiger partial charge in [-0.1, -0.05) is 55.5 Å². The van der Waals surface area contributed by atoms with Crippen LogP contribution < -0.4 is 15.5 Å². The van der Waals surface area contributed by atoms with E-state index in [0.29, 0.717) is 11.6 Å². The Hall–Kier alpha value is -3.81. The van der Waals surface area contributed by atoms with E-state index in [1.165, 1.54) is 12.1 Å². The molecule has 0 spiro atoms. The molecule has 6 nitrogen and oxygen atoms in total. The Kier molecular flexibility index (Phi) is 7.50. The molecule has 1 aliphatic heterocycles. The van der Waals surface area contributed by atoms with Gasteiger partial charge in [-0.25, -0.2) is 9.18 Å². The molecule has 206 valence electrons. The monoisotopic (exact) mass is 537 g/mol. The van der Waals surface area contributed by atoms with Crippen LogP contribution in [0.15, 0.2) is 91.1 Å². The number of para-hydroxylation sites is 2. The molecule has 2 fully saturated rings. The number of aromatic nitrogens is 1. The zero-order chi connectivity index (χ0) is 27.5. The topological polar surface area (TPSA) is 60.5 Å². The van der Waals surface area contributed by atoms with Crippen molar-refractivity contribution in [3.8, 4) is 0 Å². The first-order chi connectivity index (χ1) is 19.5. The fourth-order valence-electron chi connectivity index (χ4n) is 6.49. The van der Waals surface area contributed by atoms with Crippen molar-refractivity contribution in [3.05, 3.63) is 103 Å². The number of carbonyl (C=O) groups is 1. The Bertz CT molecular complexity index is 1450. The number of pyridine rings is 1. The summed E-state index contributed by atoms with van der Waals surface area (Å²) in [6.45, 7) is 4.65. The number of hydrogen-bond acceptors (Lipinski definition) is 4. The highest BCUT2D eigenvalue weighted by Gasteiger charge is 2.50. The molecule has 3 aromatic carbocycles. The summed E-state index contributed by atoms with van der Waals surface area (Å²) >= 11 is 0. The van der Waals surface area contributed by atoms with Gasteiger partial charge in [0.25, 0.3) is 0 Å². The van der Waals surface area contributed by atoms with E-state index in [4.69, 9.17) is 0 Å².